The molecule has 0 atom stereocenters. The van der Waals surface area contributed by atoms with Gasteiger partial charge >= 0.3 is 0 Å². The highest BCUT2D eigenvalue weighted by Gasteiger charge is 2.25. The summed E-state index contributed by atoms with van der Waals surface area (Å²) >= 11 is 0. The minimum Gasteiger partial charge on any atom is -0.353 e. The van der Waals surface area contributed by atoms with E-state index in [9.17, 15) is 4.79 Å². The Bertz CT molecular complexity index is 721. The summed E-state index contributed by atoms with van der Waals surface area (Å²) in [4.78, 5) is 16.3. The molecule has 4 heterocycles. The zero-order valence-corrected chi connectivity index (χ0v) is 13.5. The summed E-state index contributed by atoms with van der Waals surface area (Å²) in [5.41, 5.74) is 3.99. The maximum absolute atomic E-state index is 12.2. The van der Waals surface area contributed by atoms with Crippen LogP contribution < -0.4 is 5.32 Å². The molecular weight excluding hydrogens is 306 g/mol. The van der Waals surface area contributed by atoms with Crippen LogP contribution in [0.1, 0.15) is 28.9 Å². The number of carbonyl (C=O) groups excluding carboxylic acids is 1. The van der Waals surface area contributed by atoms with Gasteiger partial charge in [-0.25, -0.2) is 0 Å². The van der Waals surface area contributed by atoms with Gasteiger partial charge in [0.15, 0.2) is 6.29 Å². The summed E-state index contributed by atoms with van der Waals surface area (Å²) < 4.78 is 13.6. The van der Waals surface area contributed by atoms with Gasteiger partial charge in [-0.1, -0.05) is 0 Å². The van der Waals surface area contributed by atoms with E-state index in [-0.39, 0.29) is 12.2 Å². The fraction of sp³-hybridized carbons (Fsp3) is 0.444. The molecule has 0 aliphatic carbocycles. The second kappa shape index (κ2) is 6.75. The zero-order chi connectivity index (χ0) is 16.4. The maximum Gasteiger partial charge on any atom is 0.253 e. The molecule has 24 heavy (non-hydrogen) atoms. The largest absolute Gasteiger partial charge is 0.353 e. The Hall–Kier alpha value is -2.18. The number of carbonyl (C=O) groups is 1. The third kappa shape index (κ3) is 2.95. The van der Waals surface area contributed by atoms with Gasteiger partial charge in [0.1, 0.15) is 0 Å². The predicted octanol–water partition coefficient (Wildman–Crippen LogP) is 1.99. The smallest absolute Gasteiger partial charge is 0.253 e. The minimum absolute atomic E-state index is 0.00970. The second-order valence-electron chi connectivity index (χ2n) is 6.10. The Morgan fingerprint density at radius 2 is 2.04 bits per heavy atom. The van der Waals surface area contributed by atoms with Crippen molar-refractivity contribution >= 4 is 5.91 Å². The topological polar surface area (TPSA) is 65.4 Å². The fourth-order valence-corrected chi connectivity index (χ4v) is 3.40. The molecule has 6 nitrogen and oxygen atoms in total. The van der Waals surface area contributed by atoms with Gasteiger partial charge in [0.2, 0.25) is 0 Å². The fourth-order valence-electron chi connectivity index (χ4n) is 3.40. The van der Waals surface area contributed by atoms with E-state index in [1.54, 1.807) is 12.4 Å². The third-order valence-corrected chi connectivity index (χ3v) is 4.56. The number of fused-ring (bicyclic) bond motifs is 1. The molecule has 126 valence electrons. The molecule has 1 fully saturated rings. The Labute approximate surface area is 140 Å². The van der Waals surface area contributed by atoms with Crippen LogP contribution in [0.4, 0.5) is 0 Å². The summed E-state index contributed by atoms with van der Waals surface area (Å²) in [7, 11) is 0. The van der Waals surface area contributed by atoms with Crippen LogP contribution in [0.3, 0.4) is 0 Å². The van der Waals surface area contributed by atoms with Crippen LogP contribution in [0.5, 0.6) is 0 Å². The normalized spacial score (nSPS) is 18.2. The van der Waals surface area contributed by atoms with E-state index in [0.29, 0.717) is 6.54 Å². The molecule has 0 radical (unpaired) electrons. The van der Waals surface area contributed by atoms with Crippen LogP contribution in [0.2, 0.25) is 0 Å². The van der Waals surface area contributed by atoms with Crippen molar-refractivity contribution < 1.29 is 14.3 Å². The summed E-state index contributed by atoms with van der Waals surface area (Å²) in [6.45, 7) is 2.97. The van der Waals surface area contributed by atoms with E-state index in [1.165, 1.54) is 0 Å². The highest BCUT2D eigenvalue weighted by atomic mass is 16.7. The highest BCUT2D eigenvalue weighted by Crippen LogP contribution is 2.28. The number of ether oxygens (including phenoxy) is 2. The lowest BCUT2D eigenvalue weighted by molar-refractivity contribution is -0.182. The average Bonchev–Trinajstić information content (AvgIpc) is 3.02. The lowest BCUT2D eigenvalue weighted by Crippen LogP contribution is -2.32. The van der Waals surface area contributed by atoms with Gasteiger partial charge in [-0.3, -0.25) is 9.78 Å². The van der Waals surface area contributed by atoms with Gasteiger partial charge in [0.05, 0.1) is 18.8 Å². The van der Waals surface area contributed by atoms with Gasteiger partial charge in [-0.05, 0) is 24.6 Å². The van der Waals surface area contributed by atoms with Crippen molar-refractivity contribution in [2.24, 2.45) is 0 Å². The first-order chi connectivity index (χ1) is 11.8. The molecule has 1 saturated heterocycles. The lowest BCUT2D eigenvalue weighted by atomic mass is 10.1. The minimum atomic E-state index is -0.153. The molecule has 1 amide bonds. The molecule has 1 N–H and O–H groups in total. The summed E-state index contributed by atoms with van der Waals surface area (Å²) in [5.74, 6) is 0.00970. The number of amides is 1. The van der Waals surface area contributed by atoms with Crippen molar-refractivity contribution in [3.63, 3.8) is 0 Å². The number of pyridine rings is 1. The number of aromatic nitrogens is 2. The van der Waals surface area contributed by atoms with E-state index < -0.39 is 0 Å². The average molecular weight is 327 g/mol. The SMILES string of the molecule is O=C1NCCc2c1cc(-c1ccncc1)n2CCC1OCCCO1. The molecule has 6 heteroatoms. The molecule has 2 aromatic heterocycles. The first kappa shape index (κ1) is 15.4. The predicted molar refractivity (Wildman–Crippen MR) is 88.6 cm³/mol. The van der Waals surface area contributed by atoms with Crippen LogP contribution in [-0.2, 0) is 22.4 Å². The number of nitrogens with zero attached hydrogens (tertiary/aromatic N) is 2. The van der Waals surface area contributed by atoms with Crippen molar-refractivity contribution in [3.05, 3.63) is 41.9 Å². The van der Waals surface area contributed by atoms with E-state index in [2.05, 4.69) is 14.9 Å². The second-order valence-corrected chi connectivity index (χ2v) is 6.10. The van der Waals surface area contributed by atoms with Gasteiger partial charge in [-0.15, -0.1) is 0 Å². The lowest BCUT2D eigenvalue weighted by Gasteiger charge is -2.25. The molecule has 2 aliphatic heterocycles. The van der Waals surface area contributed by atoms with Crippen molar-refractivity contribution in [3.8, 4) is 11.3 Å². The molecule has 4 rings (SSSR count). The van der Waals surface area contributed by atoms with Gasteiger partial charge in [0.25, 0.3) is 5.91 Å². The highest BCUT2D eigenvalue weighted by molar-refractivity contribution is 5.98. The zero-order valence-electron chi connectivity index (χ0n) is 13.5. The van der Waals surface area contributed by atoms with Crippen molar-refractivity contribution in [2.45, 2.75) is 32.1 Å². The van der Waals surface area contributed by atoms with Crippen LogP contribution in [-0.4, -0.2) is 41.5 Å². The summed E-state index contributed by atoms with van der Waals surface area (Å²) in [6.07, 6.45) is 5.98. The van der Waals surface area contributed by atoms with E-state index in [4.69, 9.17) is 9.47 Å². The molecule has 2 aliphatic rings. The Kier molecular flexibility index (Phi) is 4.32. The summed E-state index contributed by atoms with van der Waals surface area (Å²) in [6, 6.07) is 5.94. The van der Waals surface area contributed by atoms with Gasteiger partial charge in [0, 0.05) is 55.3 Å². The van der Waals surface area contributed by atoms with Crippen molar-refractivity contribution in [1.82, 2.24) is 14.9 Å². The maximum atomic E-state index is 12.2. The molecule has 0 bridgehead atoms. The first-order valence-electron chi connectivity index (χ1n) is 8.47. The molecule has 0 unspecified atom stereocenters. The molecule has 0 aromatic carbocycles. The third-order valence-electron chi connectivity index (χ3n) is 4.56. The van der Waals surface area contributed by atoms with Crippen LogP contribution in [0.25, 0.3) is 11.3 Å². The number of rotatable bonds is 4. The molecule has 2 aromatic rings. The van der Waals surface area contributed by atoms with Crippen molar-refractivity contribution in [2.75, 3.05) is 19.8 Å². The van der Waals surface area contributed by atoms with E-state index in [1.807, 2.05) is 18.2 Å². The molecule has 0 saturated carbocycles. The number of hydrogen-bond donors (Lipinski definition) is 1. The van der Waals surface area contributed by atoms with Gasteiger partial charge < -0.3 is 19.4 Å². The first-order valence-corrected chi connectivity index (χ1v) is 8.47. The number of nitrogens with one attached hydrogen (secondary N) is 1. The Balaban J connectivity index is 1.66. The van der Waals surface area contributed by atoms with Crippen LogP contribution in [0.15, 0.2) is 30.6 Å². The molecular formula is C18H21N3O3. The standard InChI is InChI=1S/C18H21N3O3/c22-18-14-12-16(13-2-6-19-7-3-13)21(15(14)4-8-20-18)9-5-17-23-10-1-11-24-17/h2-3,6-7,12,17H,1,4-5,8-11H2,(H,20,22). The Morgan fingerprint density at radius 3 is 2.83 bits per heavy atom. The van der Waals surface area contributed by atoms with Gasteiger partial charge in [-0.2, -0.15) is 0 Å². The quantitative estimate of drug-likeness (QED) is 0.933. The Morgan fingerprint density at radius 1 is 1.25 bits per heavy atom. The van der Waals surface area contributed by atoms with Crippen LogP contribution >= 0.6 is 0 Å². The van der Waals surface area contributed by atoms with Crippen LogP contribution in [0, 0.1) is 0 Å². The van der Waals surface area contributed by atoms with Crippen molar-refractivity contribution in [1.29, 1.82) is 0 Å². The van der Waals surface area contributed by atoms with E-state index in [0.717, 1.165) is 61.5 Å². The monoisotopic (exact) mass is 327 g/mol. The summed E-state index contributed by atoms with van der Waals surface area (Å²) in [5, 5.41) is 2.92. The molecule has 0 spiro atoms. The number of hydrogen-bond acceptors (Lipinski definition) is 4. The van der Waals surface area contributed by atoms with E-state index >= 15 is 0 Å².